The number of amides is 2. The van der Waals surface area contributed by atoms with Gasteiger partial charge >= 0.3 is 6.03 Å². The minimum Gasteiger partial charge on any atom is -0.320 e. The molecule has 2 fully saturated rings. The second-order valence-corrected chi connectivity index (χ2v) is 8.85. The van der Waals surface area contributed by atoms with Crippen molar-refractivity contribution in [1.29, 1.82) is 0 Å². The summed E-state index contributed by atoms with van der Waals surface area (Å²) in [5, 5.41) is 2.92. The number of anilines is 1. The lowest BCUT2D eigenvalue weighted by Gasteiger charge is -2.40. The molecule has 166 valence electrons. The van der Waals surface area contributed by atoms with Crippen LogP contribution in [0.4, 0.5) is 19.3 Å². The number of carbonyl (C=O) groups excluding carboxylic acids is 1. The molecule has 0 spiro atoms. The molecule has 1 unspecified atom stereocenters. The zero-order valence-corrected chi connectivity index (χ0v) is 17.9. The van der Waals surface area contributed by atoms with E-state index in [2.05, 4.69) is 10.2 Å². The highest BCUT2D eigenvalue weighted by molar-refractivity contribution is 5.89. The maximum atomic E-state index is 13.1. The first-order valence-electron chi connectivity index (χ1n) is 11.4. The monoisotopic (exact) mass is 427 g/mol. The molecule has 2 aromatic rings. The number of halogens is 2. The number of carbonyl (C=O) groups is 1. The lowest BCUT2D eigenvalue weighted by Crippen LogP contribution is -2.52. The molecule has 2 aliphatic heterocycles. The van der Waals surface area contributed by atoms with E-state index >= 15 is 0 Å². The molecule has 31 heavy (non-hydrogen) atoms. The highest BCUT2D eigenvalue weighted by Gasteiger charge is 2.30. The highest BCUT2D eigenvalue weighted by atomic mass is 19.1. The average Bonchev–Trinajstić information content (AvgIpc) is 2.78. The molecule has 0 bridgehead atoms. The van der Waals surface area contributed by atoms with Gasteiger partial charge in [0.1, 0.15) is 11.6 Å². The number of nitrogens with one attached hydrogen (secondary N) is 1. The van der Waals surface area contributed by atoms with Crippen LogP contribution in [0.5, 0.6) is 0 Å². The van der Waals surface area contributed by atoms with Gasteiger partial charge in [-0.3, -0.25) is 0 Å². The van der Waals surface area contributed by atoms with Crippen LogP contribution in [-0.2, 0) is 6.42 Å². The van der Waals surface area contributed by atoms with Crippen molar-refractivity contribution < 1.29 is 13.6 Å². The van der Waals surface area contributed by atoms with Crippen molar-refractivity contribution >= 4 is 11.7 Å². The van der Waals surface area contributed by atoms with Gasteiger partial charge in [0.25, 0.3) is 0 Å². The molecule has 0 aliphatic carbocycles. The van der Waals surface area contributed by atoms with Gasteiger partial charge in [0.05, 0.1) is 0 Å². The number of benzene rings is 2. The van der Waals surface area contributed by atoms with E-state index in [1.165, 1.54) is 17.7 Å². The van der Waals surface area contributed by atoms with Gasteiger partial charge in [0, 0.05) is 24.8 Å². The molecule has 0 aromatic heterocycles. The summed E-state index contributed by atoms with van der Waals surface area (Å²) in [6, 6.07) is 12.9. The van der Waals surface area contributed by atoms with E-state index in [4.69, 9.17) is 0 Å². The summed E-state index contributed by atoms with van der Waals surface area (Å²) < 4.78 is 26.2. The van der Waals surface area contributed by atoms with Gasteiger partial charge in [-0.15, -0.1) is 0 Å². The van der Waals surface area contributed by atoms with Crippen molar-refractivity contribution in [3.63, 3.8) is 0 Å². The lowest BCUT2D eigenvalue weighted by molar-refractivity contribution is 0.106. The Bertz CT molecular complexity index is 848. The fourth-order valence-electron chi connectivity index (χ4n) is 4.81. The second kappa shape index (κ2) is 10.2. The molecular weight excluding hydrogens is 396 g/mol. The molecule has 2 saturated heterocycles. The molecule has 6 heteroatoms. The van der Waals surface area contributed by atoms with Gasteiger partial charge in [-0.2, -0.15) is 0 Å². The Morgan fingerprint density at radius 2 is 1.52 bits per heavy atom. The van der Waals surface area contributed by atoms with Crippen molar-refractivity contribution in [1.82, 2.24) is 9.80 Å². The van der Waals surface area contributed by atoms with E-state index < -0.39 is 0 Å². The van der Waals surface area contributed by atoms with Crippen molar-refractivity contribution in [3.05, 3.63) is 65.7 Å². The minimum atomic E-state index is -0.309. The van der Waals surface area contributed by atoms with E-state index in [1.807, 2.05) is 17.0 Å². The van der Waals surface area contributed by atoms with Crippen LogP contribution in [0.2, 0.25) is 0 Å². The predicted molar refractivity (Wildman–Crippen MR) is 119 cm³/mol. The Morgan fingerprint density at radius 1 is 0.871 bits per heavy atom. The minimum absolute atomic E-state index is 0.0949. The molecule has 1 N–H and O–H groups in total. The summed E-state index contributed by atoms with van der Waals surface area (Å²) >= 11 is 0. The summed E-state index contributed by atoms with van der Waals surface area (Å²) in [5.41, 5.74) is 1.83. The third kappa shape index (κ3) is 6.03. The zero-order valence-electron chi connectivity index (χ0n) is 17.9. The molecule has 4 nitrogen and oxygen atoms in total. The Labute approximate surface area is 183 Å². The van der Waals surface area contributed by atoms with Crippen LogP contribution in [0.1, 0.15) is 37.7 Å². The highest BCUT2D eigenvalue weighted by Crippen LogP contribution is 2.25. The smallest absolute Gasteiger partial charge is 0.320 e. The third-order valence-electron chi connectivity index (χ3n) is 6.60. The zero-order chi connectivity index (χ0) is 21.6. The molecule has 0 saturated carbocycles. The molecule has 2 heterocycles. The normalized spacial score (nSPS) is 20.6. The predicted octanol–water partition coefficient (Wildman–Crippen LogP) is 5.31. The van der Waals surface area contributed by atoms with Crippen LogP contribution in [0.25, 0.3) is 0 Å². The number of urea groups is 1. The Morgan fingerprint density at radius 3 is 2.19 bits per heavy atom. The second-order valence-electron chi connectivity index (χ2n) is 8.85. The van der Waals surface area contributed by atoms with Crippen molar-refractivity contribution in [3.8, 4) is 0 Å². The van der Waals surface area contributed by atoms with Gasteiger partial charge in [-0.25, -0.2) is 13.6 Å². The number of rotatable bonds is 5. The first-order chi connectivity index (χ1) is 15.1. The van der Waals surface area contributed by atoms with Crippen molar-refractivity contribution in [2.24, 2.45) is 5.92 Å². The summed E-state index contributed by atoms with van der Waals surface area (Å²) in [7, 11) is 0. The first kappa shape index (κ1) is 21.8. The van der Waals surface area contributed by atoms with Gasteiger partial charge < -0.3 is 15.1 Å². The van der Waals surface area contributed by atoms with Gasteiger partial charge in [-0.1, -0.05) is 12.1 Å². The third-order valence-corrected chi connectivity index (χ3v) is 6.60. The number of likely N-dealkylation sites (tertiary alicyclic amines) is 2. The molecule has 0 radical (unpaired) electrons. The fourth-order valence-corrected chi connectivity index (χ4v) is 4.81. The van der Waals surface area contributed by atoms with Crippen LogP contribution in [-0.4, -0.2) is 48.1 Å². The van der Waals surface area contributed by atoms with Crippen LogP contribution in [0, 0.1) is 17.6 Å². The van der Waals surface area contributed by atoms with Crippen LogP contribution in [0.3, 0.4) is 0 Å². The molecule has 1 atom stereocenters. The summed E-state index contributed by atoms with van der Waals surface area (Å²) in [6.45, 7) is 3.74. The van der Waals surface area contributed by atoms with Crippen molar-refractivity contribution in [2.45, 2.75) is 44.6 Å². The fraction of sp³-hybridized carbons (Fsp3) is 0.480. The number of hydrogen-bond acceptors (Lipinski definition) is 2. The van der Waals surface area contributed by atoms with Crippen LogP contribution >= 0.6 is 0 Å². The Balaban J connectivity index is 1.27. The van der Waals surface area contributed by atoms with E-state index in [9.17, 15) is 13.6 Å². The average molecular weight is 428 g/mol. The molecule has 4 rings (SSSR count). The van der Waals surface area contributed by atoms with Gasteiger partial charge in [0.15, 0.2) is 0 Å². The van der Waals surface area contributed by atoms with E-state index in [0.717, 1.165) is 64.7 Å². The summed E-state index contributed by atoms with van der Waals surface area (Å²) in [4.78, 5) is 17.3. The quantitative estimate of drug-likeness (QED) is 0.702. The number of hydrogen-bond donors (Lipinski definition) is 1. The Hall–Kier alpha value is -2.47. The van der Waals surface area contributed by atoms with Gasteiger partial charge in [-0.05, 0) is 99.5 Å². The Kier molecular flexibility index (Phi) is 7.17. The number of piperidine rings is 2. The molecular formula is C25H31F2N3O. The topological polar surface area (TPSA) is 35.6 Å². The summed E-state index contributed by atoms with van der Waals surface area (Å²) in [5.74, 6) is 0.140. The van der Waals surface area contributed by atoms with Crippen LogP contribution in [0.15, 0.2) is 48.5 Å². The molecule has 2 amide bonds. The van der Waals surface area contributed by atoms with Crippen molar-refractivity contribution in [2.75, 3.05) is 31.5 Å². The standard InChI is InChI=1S/C25H31F2N3O/c26-21-6-4-19(5-7-21)17-20-12-15-29(16-13-20)18-24-3-1-2-14-30(24)25(31)28-23-10-8-22(27)9-11-23/h4-11,20,24H,1-3,12-18H2,(H,28,31). The van der Waals surface area contributed by atoms with Gasteiger partial charge in [0.2, 0.25) is 0 Å². The molecule has 2 aliphatic rings. The first-order valence-corrected chi connectivity index (χ1v) is 11.4. The number of nitrogens with zero attached hydrogens (tertiary/aromatic N) is 2. The van der Waals surface area contributed by atoms with Crippen LogP contribution < -0.4 is 5.32 Å². The lowest BCUT2D eigenvalue weighted by atomic mass is 9.89. The van der Waals surface area contributed by atoms with E-state index in [-0.39, 0.29) is 23.7 Å². The maximum absolute atomic E-state index is 13.1. The maximum Gasteiger partial charge on any atom is 0.322 e. The van der Waals surface area contributed by atoms with E-state index in [0.29, 0.717) is 11.6 Å². The van der Waals surface area contributed by atoms with E-state index in [1.54, 1.807) is 24.3 Å². The largest absolute Gasteiger partial charge is 0.322 e. The SMILES string of the molecule is O=C(Nc1ccc(F)cc1)N1CCCCC1CN1CCC(Cc2ccc(F)cc2)CC1. The summed E-state index contributed by atoms with van der Waals surface area (Å²) in [6.07, 6.45) is 6.45. The molecule has 2 aromatic carbocycles.